The van der Waals surface area contributed by atoms with E-state index in [-0.39, 0.29) is 18.2 Å². The van der Waals surface area contributed by atoms with Gasteiger partial charge in [-0.1, -0.05) is 29.8 Å². The predicted octanol–water partition coefficient (Wildman–Crippen LogP) is 3.37. The van der Waals surface area contributed by atoms with Crippen molar-refractivity contribution in [3.8, 4) is 0 Å². The smallest absolute Gasteiger partial charge is 0.386 e. The average molecular weight is 431 g/mol. The molecule has 3 rings (SSSR count). The van der Waals surface area contributed by atoms with Crippen molar-refractivity contribution in [2.45, 2.75) is 45.3 Å². The summed E-state index contributed by atoms with van der Waals surface area (Å²) >= 11 is 0. The molecule has 0 bridgehead atoms. The van der Waals surface area contributed by atoms with Crippen LogP contribution in [0.15, 0.2) is 29.4 Å². The van der Waals surface area contributed by atoms with Gasteiger partial charge in [0.1, 0.15) is 20.7 Å². The summed E-state index contributed by atoms with van der Waals surface area (Å²) < 4.78 is 31.1. The lowest BCUT2D eigenvalue weighted by Crippen LogP contribution is -2.54. The zero-order valence-corrected chi connectivity index (χ0v) is 17.2. The van der Waals surface area contributed by atoms with Gasteiger partial charge in [-0.3, -0.25) is 4.79 Å². The van der Waals surface area contributed by atoms with Crippen LogP contribution < -0.4 is 5.73 Å². The van der Waals surface area contributed by atoms with Crippen molar-refractivity contribution in [1.82, 2.24) is 4.90 Å². The number of benzene rings is 1. The van der Waals surface area contributed by atoms with E-state index in [1.165, 1.54) is 13.5 Å². The normalized spacial score (nSPS) is 18.0. The van der Waals surface area contributed by atoms with E-state index in [2.05, 4.69) is 5.16 Å². The third-order valence-electron chi connectivity index (χ3n) is 4.76. The third kappa shape index (κ3) is 7.84. The molecule has 0 atom stereocenters. The van der Waals surface area contributed by atoms with E-state index in [1.807, 2.05) is 42.7 Å². The molecule has 10 heteroatoms. The number of hydrogen-bond acceptors (Lipinski definition) is 6. The minimum absolute atomic E-state index is 0.00828. The number of alkyl halides is 3. The Balaban J connectivity index is 0.000000808. The monoisotopic (exact) mass is 431 g/mol. The number of rotatable bonds is 3. The second kappa shape index (κ2) is 12.6. The molecule has 1 heterocycles. The van der Waals surface area contributed by atoms with Crippen molar-refractivity contribution in [3.05, 3.63) is 29.8 Å². The largest absolute Gasteiger partial charge is 0.399 e. The van der Waals surface area contributed by atoms with Crippen molar-refractivity contribution < 1.29 is 32.4 Å². The number of carbonyl (C=O) groups is 3. The van der Waals surface area contributed by atoms with Crippen LogP contribution in [0.2, 0.25) is 0 Å². The second-order valence-corrected chi connectivity index (χ2v) is 6.71. The number of piperidine rings is 1. The number of halogens is 3. The highest BCUT2D eigenvalue weighted by molar-refractivity contribution is 6.41. The predicted molar refractivity (Wildman–Crippen MR) is 108 cm³/mol. The molecule has 168 valence electrons. The Kier molecular flexibility index (Phi) is 11.4. The zero-order valence-electron chi connectivity index (χ0n) is 17.2. The van der Waals surface area contributed by atoms with E-state index in [1.54, 1.807) is 0 Å². The Bertz CT molecular complexity index is 699. The maximum absolute atomic E-state index is 12.7. The number of nitrogens with zero attached hydrogens (tertiary/aromatic N) is 2. The molecule has 1 saturated carbocycles. The maximum Gasteiger partial charge on any atom is 0.386 e. The van der Waals surface area contributed by atoms with E-state index in [0.29, 0.717) is 12.3 Å². The number of anilines is 1. The van der Waals surface area contributed by atoms with Gasteiger partial charge in [0.05, 0.1) is 0 Å². The molecule has 7 nitrogen and oxygen atoms in total. The number of hydrogen-bond donors (Lipinski definition) is 1. The summed E-state index contributed by atoms with van der Waals surface area (Å²) in [6, 6.07) is 7.67. The number of nitrogens with two attached hydrogens (primary N) is 1. The first kappa shape index (κ1) is 27.1. The fourth-order valence-electron chi connectivity index (χ4n) is 3.30. The van der Waals surface area contributed by atoms with E-state index in [9.17, 15) is 18.0 Å². The Labute approximate surface area is 174 Å². The summed E-state index contributed by atoms with van der Waals surface area (Å²) in [7, 11) is 1.50. The van der Waals surface area contributed by atoms with Crippen molar-refractivity contribution in [1.29, 1.82) is 0 Å². The van der Waals surface area contributed by atoms with Crippen LogP contribution in [-0.2, 0) is 25.8 Å². The first-order chi connectivity index (χ1) is 14.2. The molecule has 0 unspecified atom stereocenters. The first-order valence-electron chi connectivity index (χ1n) is 9.05. The zero-order chi connectivity index (χ0) is 23.4. The molecule has 2 fully saturated rings. The topological polar surface area (TPSA) is 102 Å². The van der Waals surface area contributed by atoms with Crippen LogP contribution in [0.1, 0.15) is 38.2 Å². The molecule has 2 aliphatic rings. The van der Waals surface area contributed by atoms with Crippen LogP contribution in [-0.4, -0.2) is 49.9 Å². The van der Waals surface area contributed by atoms with Gasteiger partial charge in [0.2, 0.25) is 0 Å². The molecule has 1 aromatic carbocycles. The lowest BCUT2D eigenvalue weighted by atomic mass is 9.62. The van der Waals surface area contributed by atoms with Crippen LogP contribution in [0.3, 0.4) is 0 Å². The molecule has 0 aromatic heterocycles. The van der Waals surface area contributed by atoms with E-state index in [0.717, 1.165) is 37.1 Å². The van der Waals surface area contributed by atoms with Crippen LogP contribution in [0, 0.1) is 5.41 Å². The van der Waals surface area contributed by atoms with Gasteiger partial charge in [-0.2, -0.15) is 13.2 Å². The van der Waals surface area contributed by atoms with Crippen LogP contribution in [0.25, 0.3) is 0 Å². The fourth-order valence-corrected chi connectivity index (χ4v) is 3.30. The van der Waals surface area contributed by atoms with E-state index < -0.39 is 6.18 Å². The molecule has 1 saturated heterocycles. The van der Waals surface area contributed by atoms with Gasteiger partial charge < -0.3 is 25.1 Å². The number of para-hydroxylation sites is 1. The fraction of sp³-hybridized carbons (Fsp3) is 0.500. The Morgan fingerprint density at radius 3 is 2.13 bits per heavy atom. The minimum Gasteiger partial charge on any atom is -0.399 e. The number of amides is 1. The summed E-state index contributed by atoms with van der Waals surface area (Å²) in [6.45, 7) is 5.48. The number of nitrogen functional groups attached to an aromatic ring is 1. The summed E-state index contributed by atoms with van der Waals surface area (Å²) in [5.74, 6) is -0.00828. The molecule has 30 heavy (non-hydrogen) atoms. The lowest BCUT2D eigenvalue weighted by molar-refractivity contribution is -0.128. The Morgan fingerprint density at radius 2 is 1.70 bits per heavy atom. The number of oxime groups is 1. The highest BCUT2D eigenvalue weighted by Gasteiger charge is 2.49. The highest BCUT2D eigenvalue weighted by atomic mass is 19.4. The SMILES string of the molecule is C=O.C=O.CC(F)(F)F.CO/N=C1/C(=O)N(Cc2ccccc2N)CCC12CCC2. The molecule has 1 aromatic rings. The molecule has 1 amide bonds. The van der Waals surface area contributed by atoms with Gasteiger partial charge in [-0.25, -0.2) is 0 Å². The highest BCUT2D eigenvalue weighted by Crippen LogP contribution is 2.48. The van der Waals surface area contributed by atoms with Crippen LogP contribution in [0.5, 0.6) is 0 Å². The second-order valence-electron chi connectivity index (χ2n) is 6.71. The maximum atomic E-state index is 12.7. The molecule has 2 N–H and O–H groups in total. The van der Waals surface area contributed by atoms with Gasteiger partial charge >= 0.3 is 6.18 Å². The lowest BCUT2D eigenvalue weighted by Gasteiger charge is -2.47. The van der Waals surface area contributed by atoms with Gasteiger partial charge in [-0.15, -0.1) is 0 Å². The Hall–Kier alpha value is -2.91. The quantitative estimate of drug-likeness (QED) is 0.584. The minimum atomic E-state index is -4.00. The summed E-state index contributed by atoms with van der Waals surface area (Å²) in [6.07, 6.45) is 0.222. The van der Waals surface area contributed by atoms with Gasteiger partial charge in [0.15, 0.2) is 5.71 Å². The molecular formula is C20H28F3N3O4. The molecule has 0 radical (unpaired) electrons. The van der Waals surface area contributed by atoms with Crippen molar-refractivity contribution in [2.75, 3.05) is 19.4 Å². The summed E-state index contributed by atoms with van der Waals surface area (Å²) in [4.78, 5) is 35.5. The number of likely N-dealkylation sites (tertiary alicyclic amines) is 1. The van der Waals surface area contributed by atoms with E-state index in [4.69, 9.17) is 20.2 Å². The number of carbonyl (C=O) groups excluding carboxylic acids is 3. The van der Waals surface area contributed by atoms with Crippen molar-refractivity contribution in [2.24, 2.45) is 10.6 Å². The first-order valence-corrected chi connectivity index (χ1v) is 9.05. The Morgan fingerprint density at radius 1 is 1.17 bits per heavy atom. The van der Waals surface area contributed by atoms with Crippen LogP contribution in [0.4, 0.5) is 18.9 Å². The van der Waals surface area contributed by atoms with Gasteiger partial charge in [-0.05, 0) is 30.9 Å². The summed E-state index contributed by atoms with van der Waals surface area (Å²) in [5.41, 5.74) is 8.23. The molecule has 1 spiro atoms. The average Bonchev–Trinajstić information content (AvgIpc) is 2.67. The molecule has 1 aliphatic carbocycles. The van der Waals surface area contributed by atoms with Crippen molar-refractivity contribution in [3.63, 3.8) is 0 Å². The van der Waals surface area contributed by atoms with Gasteiger partial charge in [0.25, 0.3) is 5.91 Å². The van der Waals surface area contributed by atoms with Crippen LogP contribution >= 0.6 is 0 Å². The standard InChI is InChI=1S/C16H21N3O2.C2H3F3.2CH2O/c1-21-18-14-15(20)19(10-9-16(14)7-4-8-16)11-12-5-2-3-6-13(12)17;1-2(3,4)5;2*1-2/h2-3,5-6H,4,7-11,17H2,1H3;1H3;2*1H2/b18-14-;;;. The van der Waals surface area contributed by atoms with E-state index >= 15 is 0 Å². The van der Waals surface area contributed by atoms with Gasteiger partial charge in [0, 0.05) is 31.1 Å². The molecular weight excluding hydrogens is 403 g/mol. The van der Waals surface area contributed by atoms with Crippen molar-refractivity contribution >= 4 is 30.9 Å². The molecule has 1 aliphatic heterocycles. The summed E-state index contributed by atoms with van der Waals surface area (Å²) in [5, 5.41) is 4.05. The third-order valence-corrected chi connectivity index (χ3v) is 4.76.